The summed E-state index contributed by atoms with van der Waals surface area (Å²) < 4.78 is 5.52. The quantitative estimate of drug-likeness (QED) is 0.621. The summed E-state index contributed by atoms with van der Waals surface area (Å²) in [6.45, 7) is 2.25. The van der Waals surface area contributed by atoms with Gasteiger partial charge >= 0.3 is 12.1 Å². The minimum atomic E-state index is -1.78. The van der Waals surface area contributed by atoms with Gasteiger partial charge in [0.25, 0.3) is 0 Å². The van der Waals surface area contributed by atoms with Crippen molar-refractivity contribution in [3.8, 4) is 11.1 Å². The van der Waals surface area contributed by atoms with Crippen molar-refractivity contribution >= 4 is 18.0 Å². The molecule has 1 heterocycles. The molecule has 3 N–H and O–H groups in total. The number of carboxylic acids is 1. The van der Waals surface area contributed by atoms with Gasteiger partial charge in [-0.3, -0.25) is 4.79 Å². The molecule has 0 saturated carbocycles. The lowest BCUT2D eigenvalue weighted by Gasteiger charge is -2.35. The Kier molecular flexibility index (Phi) is 6.37. The Balaban J connectivity index is 1.28. The molecule has 4 rings (SSSR count). The van der Waals surface area contributed by atoms with Crippen molar-refractivity contribution in [3.05, 3.63) is 59.7 Å². The van der Waals surface area contributed by atoms with Gasteiger partial charge in [0.05, 0.1) is 0 Å². The van der Waals surface area contributed by atoms with Gasteiger partial charge in [-0.05, 0) is 29.2 Å². The summed E-state index contributed by atoms with van der Waals surface area (Å²) in [5.74, 6) is -1.50. The number of ether oxygens (including phenoxy) is 1. The highest BCUT2D eigenvalue weighted by Gasteiger charge is 2.40. The standard InChI is InChI=1S/C25H28N2O6/c1-16(14-22(28)27-12-10-25(32,11-13-27)23(29)30)26-24(31)33-15-21-19-8-4-2-6-17(19)18-7-3-5-9-20(18)21/h2-9,16,21,32H,10-15H2,1H3,(H,26,31)(H,29,30). The zero-order valence-corrected chi connectivity index (χ0v) is 18.5. The first kappa shape index (κ1) is 22.8. The highest BCUT2D eigenvalue weighted by molar-refractivity contribution is 5.81. The van der Waals surface area contributed by atoms with Gasteiger partial charge in [-0.2, -0.15) is 0 Å². The Morgan fingerprint density at radius 2 is 1.61 bits per heavy atom. The van der Waals surface area contributed by atoms with Gasteiger partial charge in [0, 0.05) is 44.3 Å². The summed E-state index contributed by atoms with van der Waals surface area (Å²) in [5, 5.41) is 21.8. The number of amides is 2. The first-order valence-electron chi connectivity index (χ1n) is 11.1. The van der Waals surface area contributed by atoms with E-state index in [0.29, 0.717) is 0 Å². The number of nitrogens with zero attached hydrogens (tertiary/aromatic N) is 1. The molecule has 1 atom stereocenters. The molecule has 2 aliphatic rings. The zero-order valence-electron chi connectivity index (χ0n) is 18.5. The van der Waals surface area contributed by atoms with Crippen molar-refractivity contribution < 1.29 is 29.3 Å². The number of benzene rings is 2. The van der Waals surface area contributed by atoms with E-state index in [-0.39, 0.29) is 50.8 Å². The van der Waals surface area contributed by atoms with Gasteiger partial charge < -0.3 is 25.2 Å². The van der Waals surface area contributed by atoms with Crippen LogP contribution in [0.1, 0.15) is 43.2 Å². The van der Waals surface area contributed by atoms with E-state index in [9.17, 15) is 19.5 Å². The molecule has 174 valence electrons. The molecule has 0 radical (unpaired) electrons. The maximum absolute atomic E-state index is 12.5. The number of hydrogen-bond donors (Lipinski definition) is 3. The number of nitrogens with one attached hydrogen (secondary N) is 1. The van der Waals surface area contributed by atoms with Crippen LogP contribution in [0.15, 0.2) is 48.5 Å². The fraction of sp³-hybridized carbons (Fsp3) is 0.400. The van der Waals surface area contributed by atoms with Crippen LogP contribution in [0.2, 0.25) is 0 Å². The van der Waals surface area contributed by atoms with Crippen LogP contribution in [-0.4, -0.2) is 64.4 Å². The number of fused-ring (bicyclic) bond motifs is 3. The van der Waals surface area contributed by atoms with Crippen LogP contribution in [0, 0.1) is 0 Å². The molecule has 8 nitrogen and oxygen atoms in total. The second-order valence-corrected chi connectivity index (χ2v) is 8.79. The van der Waals surface area contributed by atoms with Crippen molar-refractivity contribution in [1.82, 2.24) is 10.2 Å². The summed E-state index contributed by atoms with van der Waals surface area (Å²) in [7, 11) is 0. The summed E-state index contributed by atoms with van der Waals surface area (Å²) in [6.07, 6.45) is -0.545. The smallest absolute Gasteiger partial charge is 0.407 e. The molecular formula is C25H28N2O6. The Morgan fingerprint density at radius 3 is 2.15 bits per heavy atom. The van der Waals surface area contributed by atoms with Crippen molar-refractivity contribution in [3.63, 3.8) is 0 Å². The van der Waals surface area contributed by atoms with Gasteiger partial charge in [-0.15, -0.1) is 0 Å². The maximum atomic E-state index is 12.5. The molecule has 33 heavy (non-hydrogen) atoms. The lowest BCUT2D eigenvalue weighted by atomic mass is 9.91. The number of hydrogen-bond acceptors (Lipinski definition) is 5. The Labute approximate surface area is 192 Å². The molecule has 1 unspecified atom stereocenters. The summed E-state index contributed by atoms with van der Waals surface area (Å²) in [4.78, 5) is 37.6. The third-order valence-electron chi connectivity index (χ3n) is 6.53. The topological polar surface area (TPSA) is 116 Å². The predicted octanol–water partition coefficient (Wildman–Crippen LogP) is 2.74. The molecule has 0 aromatic heterocycles. The van der Waals surface area contributed by atoms with Crippen LogP contribution in [0.5, 0.6) is 0 Å². The fourth-order valence-electron chi connectivity index (χ4n) is 4.62. The number of carbonyl (C=O) groups is 3. The number of piperidine rings is 1. The molecule has 1 aliphatic carbocycles. The molecule has 1 saturated heterocycles. The fourth-order valence-corrected chi connectivity index (χ4v) is 4.62. The third kappa shape index (κ3) is 4.71. The third-order valence-corrected chi connectivity index (χ3v) is 6.53. The van der Waals surface area contributed by atoms with Crippen LogP contribution in [-0.2, 0) is 14.3 Å². The van der Waals surface area contributed by atoms with E-state index < -0.39 is 23.7 Å². The van der Waals surface area contributed by atoms with E-state index in [0.717, 1.165) is 22.3 Å². The van der Waals surface area contributed by atoms with Crippen molar-refractivity contribution in [1.29, 1.82) is 0 Å². The zero-order chi connectivity index (χ0) is 23.6. The van der Waals surface area contributed by atoms with E-state index >= 15 is 0 Å². The monoisotopic (exact) mass is 452 g/mol. The van der Waals surface area contributed by atoms with Crippen LogP contribution >= 0.6 is 0 Å². The Bertz CT molecular complexity index is 1010. The van der Waals surface area contributed by atoms with Gasteiger partial charge in [-0.1, -0.05) is 48.5 Å². The first-order chi connectivity index (χ1) is 15.8. The molecule has 2 aromatic carbocycles. The van der Waals surface area contributed by atoms with Gasteiger partial charge in [0.1, 0.15) is 6.61 Å². The Morgan fingerprint density at radius 1 is 1.06 bits per heavy atom. The normalized spacial score (nSPS) is 17.6. The van der Waals surface area contributed by atoms with Crippen LogP contribution < -0.4 is 5.32 Å². The number of aliphatic hydroxyl groups is 1. The van der Waals surface area contributed by atoms with E-state index in [1.807, 2.05) is 36.4 Å². The van der Waals surface area contributed by atoms with E-state index in [1.165, 1.54) is 4.90 Å². The molecule has 2 aromatic rings. The molecule has 1 fully saturated rings. The van der Waals surface area contributed by atoms with Gasteiger partial charge in [0.2, 0.25) is 5.91 Å². The van der Waals surface area contributed by atoms with Crippen LogP contribution in [0.25, 0.3) is 11.1 Å². The lowest BCUT2D eigenvalue weighted by molar-refractivity contribution is -0.165. The molecule has 0 bridgehead atoms. The van der Waals surface area contributed by atoms with Gasteiger partial charge in [0.15, 0.2) is 5.60 Å². The largest absolute Gasteiger partial charge is 0.479 e. The number of carboxylic acid groups (broad SMARTS) is 1. The maximum Gasteiger partial charge on any atom is 0.407 e. The number of rotatable bonds is 6. The van der Waals surface area contributed by atoms with Crippen molar-refractivity contribution in [2.75, 3.05) is 19.7 Å². The van der Waals surface area contributed by atoms with E-state index in [4.69, 9.17) is 9.84 Å². The molecular weight excluding hydrogens is 424 g/mol. The summed E-state index contributed by atoms with van der Waals surface area (Å²) in [5.41, 5.74) is 2.78. The van der Waals surface area contributed by atoms with Crippen molar-refractivity contribution in [2.45, 2.75) is 43.7 Å². The number of alkyl carbamates (subject to hydrolysis) is 1. The minimum absolute atomic E-state index is 0.0116. The predicted molar refractivity (Wildman–Crippen MR) is 121 cm³/mol. The number of likely N-dealkylation sites (tertiary alicyclic amines) is 1. The number of carbonyl (C=O) groups excluding carboxylic acids is 2. The second kappa shape index (κ2) is 9.23. The molecule has 2 amide bonds. The number of aliphatic carboxylic acids is 1. The van der Waals surface area contributed by atoms with Crippen LogP contribution in [0.3, 0.4) is 0 Å². The van der Waals surface area contributed by atoms with Gasteiger partial charge in [-0.25, -0.2) is 9.59 Å². The second-order valence-electron chi connectivity index (χ2n) is 8.79. The molecule has 0 spiro atoms. The van der Waals surface area contributed by atoms with Crippen molar-refractivity contribution in [2.24, 2.45) is 0 Å². The summed E-state index contributed by atoms with van der Waals surface area (Å²) in [6, 6.07) is 15.7. The van der Waals surface area contributed by atoms with E-state index in [2.05, 4.69) is 17.4 Å². The SMILES string of the molecule is CC(CC(=O)N1CCC(O)(C(=O)O)CC1)NC(=O)OCC1c2ccccc2-c2ccccc21. The van der Waals surface area contributed by atoms with Crippen LogP contribution in [0.4, 0.5) is 4.79 Å². The Hall–Kier alpha value is -3.39. The van der Waals surface area contributed by atoms with E-state index in [1.54, 1.807) is 6.92 Å². The first-order valence-corrected chi connectivity index (χ1v) is 11.1. The highest BCUT2D eigenvalue weighted by atomic mass is 16.5. The lowest BCUT2D eigenvalue weighted by Crippen LogP contribution is -2.51. The average Bonchev–Trinajstić information content (AvgIpc) is 3.11. The minimum Gasteiger partial charge on any atom is -0.479 e. The highest BCUT2D eigenvalue weighted by Crippen LogP contribution is 2.44. The average molecular weight is 453 g/mol. The molecule has 8 heteroatoms. The molecule has 1 aliphatic heterocycles. The summed E-state index contributed by atoms with van der Waals surface area (Å²) >= 11 is 0.